The van der Waals surface area contributed by atoms with E-state index in [1.54, 1.807) is 0 Å². The molecule has 1 fully saturated rings. The third-order valence-corrected chi connectivity index (χ3v) is 3.12. The highest BCUT2D eigenvalue weighted by atomic mass is 16.5. The minimum atomic E-state index is -0.124. The van der Waals surface area contributed by atoms with Crippen molar-refractivity contribution in [2.45, 2.75) is 57.4 Å². The van der Waals surface area contributed by atoms with Crippen LogP contribution in [0, 0.1) is 0 Å². The topological polar surface area (TPSA) is 49.5 Å². The van der Waals surface area contributed by atoms with E-state index in [-0.39, 0.29) is 5.54 Å². The number of hydrogen-bond donors (Lipinski definition) is 2. The van der Waals surface area contributed by atoms with Gasteiger partial charge < -0.3 is 10.9 Å². The smallest absolute Gasteiger partial charge is 0.0418 e. The van der Waals surface area contributed by atoms with E-state index in [0.29, 0.717) is 6.54 Å². The van der Waals surface area contributed by atoms with Gasteiger partial charge in [-0.25, -0.2) is 0 Å². The van der Waals surface area contributed by atoms with Gasteiger partial charge in [0.1, 0.15) is 0 Å². The molecule has 0 aromatic heterocycles. The normalized spacial score (nSPS) is 21.4. The summed E-state index contributed by atoms with van der Waals surface area (Å²) in [6.45, 7) is 3.54. The molecule has 0 bridgehead atoms. The van der Waals surface area contributed by atoms with Crippen molar-refractivity contribution in [1.29, 1.82) is 0 Å². The lowest BCUT2D eigenvalue weighted by atomic mass is 9.82. The van der Waals surface area contributed by atoms with Crippen molar-refractivity contribution in [3.8, 4) is 0 Å². The molecule has 0 aromatic carbocycles. The maximum Gasteiger partial charge on any atom is 0.0418 e. The van der Waals surface area contributed by atoms with Crippen LogP contribution in [0.3, 0.4) is 0 Å². The predicted molar refractivity (Wildman–Crippen MR) is 58.3 cm³/mol. The summed E-state index contributed by atoms with van der Waals surface area (Å²) in [5.74, 6) is 0. The number of rotatable bonds is 5. The Morgan fingerprint density at radius 2 is 1.93 bits per heavy atom. The van der Waals surface area contributed by atoms with Crippen LogP contribution in [0.5, 0.6) is 0 Å². The summed E-state index contributed by atoms with van der Waals surface area (Å²) < 4.78 is 0. The molecule has 0 heterocycles. The van der Waals surface area contributed by atoms with Crippen LogP contribution in [0.25, 0.3) is 0 Å². The summed E-state index contributed by atoms with van der Waals surface area (Å²) in [7, 11) is 0. The van der Waals surface area contributed by atoms with Gasteiger partial charge in [0.25, 0.3) is 0 Å². The molecule has 0 aliphatic heterocycles. The molecule has 0 amide bonds. The van der Waals surface area contributed by atoms with Crippen LogP contribution >= 0.6 is 0 Å². The first-order chi connectivity index (χ1) is 6.66. The fourth-order valence-corrected chi connectivity index (χ4v) is 2.20. The van der Waals surface area contributed by atoms with E-state index in [0.717, 1.165) is 32.2 Å². The Kier molecular flexibility index (Phi) is 4.85. The fourth-order valence-electron chi connectivity index (χ4n) is 2.20. The van der Waals surface area contributed by atoms with E-state index in [9.17, 15) is 5.21 Å². The third kappa shape index (κ3) is 3.95. The zero-order valence-corrected chi connectivity index (χ0v) is 9.34. The second-order valence-corrected chi connectivity index (χ2v) is 4.66. The van der Waals surface area contributed by atoms with Gasteiger partial charge >= 0.3 is 0 Å². The van der Waals surface area contributed by atoms with Crippen LogP contribution < -0.4 is 5.73 Å². The molecule has 3 nitrogen and oxygen atoms in total. The van der Waals surface area contributed by atoms with Crippen LogP contribution in [-0.4, -0.2) is 28.9 Å². The molecule has 0 unspecified atom stereocenters. The van der Waals surface area contributed by atoms with Crippen molar-refractivity contribution < 1.29 is 5.21 Å². The van der Waals surface area contributed by atoms with Gasteiger partial charge in [0.15, 0.2) is 0 Å². The summed E-state index contributed by atoms with van der Waals surface area (Å²) in [6.07, 6.45) is 8.04. The van der Waals surface area contributed by atoms with E-state index in [4.69, 9.17) is 5.73 Å². The van der Waals surface area contributed by atoms with Gasteiger partial charge in [-0.1, -0.05) is 32.6 Å². The number of hydroxylamine groups is 2. The fraction of sp³-hybridized carbons (Fsp3) is 1.00. The Morgan fingerprint density at radius 1 is 1.29 bits per heavy atom. The maximum absolute atomic E-state index is 9.65. The first-order valence-corrected chi connectivity index (χ1v) is 5.89. The summed E-state index contributed by atoms with van der Waals surface area (Å²) in [6, 6.07) is 0. The zero-order valence-electron chi connectivity index (χ0n) is 9.34. The SMILES string of the molecule is CCCCN(O)CC1(N)CCCCC1. The quantitative estimate of drug-likeness (QED) is 0.668. The first-order valence-electron chi connectivity index (χ1n) is 5.89. The van der Waals surface area contributed by atoms with Gasteiger partial charge in [-0.2, -0.15) is 5.06 Å². The standard InChI is InChI=1S/C11H24N2O/c1-2-3-9-13(14)10-11(12)7-5-4-6-8-11/h14H,2-10,12H2,1H3. The third-order valence-electron chi connectivity index (χ3n) is 3.12. The van der Waals surface area contributed by atoms with E-state index in [1.165, 1.54) is 24.3 Å². The van der Waals surface area contributed by atoms with Crippen molar-refractivity contribution in [1.82, 2.24) is 5.06 Å². The number of unbranched alkanes of at least 4 members (excludes halogenated alkanes) is 1. The molecule has 0 atom stereocenters. The van der Waals surface area contributed by atoms with E-state index >= 15 is 0 Å². The molecule has 1 saturated carbocycles. The van der Waals surface area contributed by atoms with E-state index in [2.05, 4.69) is 6.92 Å². The Bertz CT molecular complexity index is 155. The molecule has 3 heteroatoms. The lowest BCUT2D eigenvalue weighted by Crippen LogP contribution is -2.50. The molecule has 1 aliphatic rings. The van der Waals surface area contributed by atoms with Gasteiger partial charge in [-0.15, -0.1) is 0 Å². The largest absolute Gasteiger partial charge is 0.324 e. The second kappa shape index (κ2) is 5.69. The van der Waals surface area contributed by atoms with Gasteiger partial charge in [0.2, 0.25) is 0 Å². The van der Waals surface area contributed by atoms with Crippen molar-refractivity contribution in [2.24, 2.45) is 5.73 Å². The Morgan fingerprint density at radius 3 is 2.50 bits per heavy atom. The zero-order chi connectivity index (χ0) is 10.4. The molecule has 0 aromatic rings. The van der Waals surface area contributed by atoms with Crippen molar-refractivity contribution >= 4 is 0 Å². The van der Waals surface area contributed by atoms with E-state index < -0.39 is 0 Å². The van der Waals surface area contributed by atoms with Crippen LogP contribution in [-0.2, 0) is 0 Å². The molecular weight excluding hydrogens is 176 g/mol. The first kappa shape index (κ1) is 12.0. The summed E-state index contributed by atoms with van der Waals surface area (Å²) in [5, 5.41) is 11.1. The Hall–Kier alpha value is -0.120. The van der Waals surface area contributed by atoms with Gasteiger partial charge in [0.05, 0.1) is 0 Å². The molecule has 1 aliphatic carbocycles. The molecule has 1 rings (SSSR count). The van der Waals surface area contributed by atoms with Gasteiger partial charge in [0, 0.05) is 18.6 Å². The average Bonchev–Trinajstić information content (AvgIpc) is 2.15. The van der Waals surface area contributed by atoms with Crippen LogP contribution in [0.4, 0.5) is 0 Å². The minimum Gasteiger partial charge on any atom is -0.324 e. The summed E-state index contributed by atoms with van der Waals surface area (Å²) in [4.78, 5) is 0. The van der Waals surface area contributed by atoms with Crippen LogP contribution in [0.2, 0.25) is 0 Å². The minimum absolute atomic E-state index is 0.124. The maximum atomic E-state index is 9.65. The van der Waals surface area contributed by atoms with E-state index in [1.807, 2.05) is 0 Å². The monoisotopic (exact) mass is 200 g/mol. The highest BCUT2D eigenvalue weighted by molar-refractivity contribution is 4.88. The summed E-state index contributed by atoms with van der Waals surface area (Å²) in [5.41, 5.74) is 6.11. The lowest BCUT2D eigenvalue weighted by Gasteiger charge is -2.35. The molecule has 0 saturated heterocycles. The van der Waals surface area contributed by atoms with Crippen molar-refractivity contribution in [2.75, 3.05) is 13.1 Å². The van der Waals surface area contributed by atoms with Gasteiger partial charge in [-0.05, 0) is 19.3 Å². The van der Waals surface area contributed by atoms with Crippen molar-refractivity contribution in [3.63, 3.8) is 0 Å². The lowest BCUT2D eigenvalue weighted by molar-refractivity contribution is -0.108. The molecular formula is C11H24N2O. The molecule has 14 heavy (non-hydrogen) atoms. The molecule has 0 spiro atoms. The number of nitrogens with two attached hydrogens (primary N) is 1. The highest BCUT2D eigenvalue weighted by Crippen LogP contribution is 2.26. The Balaban J connectivity index is 2.25. The molecule has 84 valence electrons. The van der Waals surface area contributed by atoms with Gasteiger partial charge in [-0.3, -0.25) is 0 Å². The second-order valence-electron chi connectivity index (χ2n) is 4.66. The van der Waals surface area contributed by atoms with Crippen LogP contribution in [0.15, 0.2) is 0 Å². The average molecular weight is 200 g/mol. The van der Waals surface area contributed by atoms with Crippen LogP contribution in [0.1, 0.15) is 51.9 Å². The summed E-state index contributed by atoms with van der Waals surface area (Å²) >= 11 is 0. The molecule has 0 radical (unpaired) electrons. The highest BCUT2D eigenvalue weighted by Gasteiger charge is 2.28. The molecule has 3 N–H and O–H groups in total. The number of hydrogen-bond acceptors (Lipinski definition) is 3. The Labute approximate surface area is 87.2 Å². The van der Waals surface area contributed by atoms with Crippen molar-refractivity contribution in [3.05, 3.63) is 0 Å². The number of nitrogens with zero attached hydrogens (tertiary/aromatic N) is 1. The predicted octanol–water partition coefficient (Wildman–Crippen LogP) is 2.14.